The molecule has 0 bridgehead atoms. The smallest absolute Gasteiger partial charge is 0.0468 e. The van der Waals surface area contributed by atoms with Crippen LogP contribution in [0.15, 0.2) is 4.99 Å². The molecule has 0 saturated heterocycles. The van der Waals surface area contributed by atoms with Crippen molar-refractivity contribution in [2.75, 3.05) is 0 Å². The quantitative estimate of drug-likeness (QED) is 0.557. The van der Waals surface area contributed by atoms with Gasteiger partial charge in [0.2, 0.25) is 0 Å². The van der Waals surface area contributed by atoms with E-state index in [1.165, 1.54) is 18.6 Å². The van der Waals surface area contributed by atoms with Gasteiger partial charge in [-0.05, 0) is 32.6 Å². The molecule has 0 aromatic rings. The zero-order valence-corrected chi connectivity index (χ0v) is 9.22. The van der Waals surface area contributed by atoms with E-state index in [4.69, 9.17) is 0 Å². The Hall–Kier alpha value is -0.330. The third-order valence-electron chi connectivity index (χ3n) is 2.45. The fraction of sp³-hybridized carbons (Fsp3) is 0.909. The first kappa shape index (κ1) is 11.7. The summed E-state index contributed by atoms with van der Waals surface area (Å²) in [6.45, 7) is 11.0. The van der Waals surface area contributed by atoms with Crippen LogP contribution in [0.3, 0.4) is 0 Å². The second kappa shape index (κ2) is 6.22. The van der Waals surface area contributed by atoms with Crippen LogP contribution in [0.25, 0.3) is 0 Å². The standard InChI is InChI=1S/C11H23N/c1-6-8-9(3)11(5)12-10(4)7-2/h9-10H,6-8H2,1-5H3. The van der Waals surface area contributed by atoms with Crippen molar-refractivity contribution in [2.24, 2.45) is 10.9 Å². The van der Waals surface area contributed by atoms with Gasteiger partial charge in [-0.2, -0.15) is 0 Å². The Morgan fingerprint density at radius 1 is 1.25 bits per heavy atom. The lowest BCUT2D eigenvalue weighted by atomic mass is 10.0. The number of hydrogen-bond acceptors (Lipinski definition) is 1. The first-order chi connectivity index (χ1) is 5.61. The third kappa shape index (κ3) is 4.53. The van der Waals surface area contributed by atoms with Gasteiger partial charge in [-0.25, -0.2) is 0 Å². The lowest BCUT2D eigenvalue weighted by Gasteiger charge is -2.11. The second-order valence-corrected chi connectivity index (χ2v) is 3.72. The molecular weight excluding hydrogens is 146 g/mol. The van der Waals surface area contributed by atoms with E-state index in [0.29, 0.717) is 12.0 Å². The van der Waals surface area contributed by atoms with E-state index in [2.05, 4.69) is 39.6 Å². The Kier molecular flexibility index (Phi) is 6.04. The average Bonchev–Trinajstić information content (AvgIpc) is 2.04. The highest BCUT2D eigenvalue weighted by atomic mass is 14.8. The zero-order chi connectivity index (χ0) is 9.56. The minimum absolute atomic E-state index is 0.504. The molecule has 0 rings (SSSR count). The maximum absolute atomic E-state index is 4.63. The van der Waals surface area contributed by atoms with Crippen LogP contribution in [-0.4, -0.2) is 11.8 Å². The van der Waals surface area contributed by atoms with Gasteiger partial charge in [0.25, 0.3) is 0 Å². The molecule has 0 N–H and O–H groups in total. The molecule has 1 heteroatoms. The zero-order valence-electron chi connectivity index (χ0n) is 9.22. The number of aliphatic imine (C=N–C) groups is 1. The highest BCUT2D eigenvalue weighted by molar-refractivity contribution is 5.84. The summed E-state index contributed by atoms with van der Waals surface area (Å²) in [4.78, 5) is 4.63. The van der Waals surface area contributed by atoms with Crippen molar-refractivity contribution in [3.8, 4) is 0 Å². The molecule has 1 nitrogen and oxygen atoms in total. The van der Waals surface area contributed by atoms with Gasteiger partial charge in [-0.1, -0.05) is 27.2 Å². The summed E-state index contributed by atoms with van der Waals surface area (Å²) in [7, 11) is 0. The Bertz CT molecular complexity index is 138. The number of hydrogen-bond donors (Lipinski definition) is 0. The van der Waals surface area contributed by atoms with Gasteiger partial charge in [0, 0.05) is 11.8 Å². The van der Waals surface area contributed by atoms with Crippen molar-refractivity contribution >= 4 is 5.71 Å². The van der Waals surface area contributed by atoms with Crippen LogP contribution in [0.5, 0.6) is 0 Å². The largest absolute Gasteiger partial charge is 0.291 e. The molecule has 0 spiro atoms. The van der Waals surface area contributed by atoms with Gasteiger partial charge < -0.3 is 0 Å². The van der Waals surface area contributed by atoms with Crippen LogP contribution in [0.2, 0.25) is 0 Å². The normalized spacial score (nSPS) is 17.6. The molecule has 0 aliphatic carbocycles. The fourth-order valence-electron chi connectivity index (χ4n) is 1.21. The molecule has 0 aromatic carbocycles. The molecule has 0 aliphatic rings. The molecule has 0 aromatic heterocycles. The summed E-state index contributed by atoms with van der Waals surface area (Å²) in [5.41, 5.74) is 1.33. The Morgan fingerprint density at radius 2 is 1.83 bits per heavy atom. The van der Waals surface area contributed by atoms with Crippen molar-refractivity contribution in [3.05, 3.63) is 0 Å². The highest BCUT2D eigenvalue weighted by Crippen LogP contribution is 2.09. The molecule has 0 fully saturated rings. The third-order valence-corrected chi connectivity index (χ3v) is 2.45. The lowest BCUT2D eigenvalue weighted by Crippen LogP contribution is -2.10. The van der Waals surface area contributed by atoms with Crippen LogP contribution in [-0.2, 0) is 0 Å². The second-order valence-electron chi connectivity index (χ2n) is 3.72. The van der Waals surface area contributed by atoms with Crippen LogP contribution in [0, 0.1) is 5.92 Å². The van der Waals surface area contributed by atoms with E-state index in [9.17, 15) is 0 Å². The van der Waals surface area contributed by atoms with Crippen LogP contribution < -0.4 is 0 Å². The molecule has 0 radical (unpaired) electrons. The van der Waals surface area contributed by atoms with Crippen LogP contribution in [0.1, 0.15) is 53.9 Å². The molecule has 12 heavy (non-hydrogen) atoms. The predicted molar refractivity (Wildman–Crippen MR) is 56.9 cm³/mol. The minimum atomic E-state index is 0.504. The first-order valence-electron chi connectivity index (χ1n) is 5.16. The van der Waals surface area contributed by atoms with Gasteiger partial charge in [-0.15, -0.1) is 0 Å². The van der Waals surface area contributed by atoms with Crippen LogP contribution in [0.4, 0.5) is 0 Å². The Balaban J connectivity index is 3.97. The molecule has 2 atom stereocenters. The van der Waals surface area contributed by atoms with E-state index < -0.39 is 0 Å². The van der Waals surface area contributed by atoms with E-state index in [1.807, 2.05) is 0 Å². The van der Waals surface area contributed by atoms with E-state index >= 15 is 0 Å². The summed E-state index contributed by atoms with van der Waals surface area (Å²) < 4.78 is 0. The summed E-state index contributed by atoms with van der Waals surface area (Å²) in [6.07, 6.45) is 3.68. The van der Waals surface area contributed by atoms with Crippen molar-refractivity contribution in [1.82, 2.24) is 0 Å². The van der Waals surface area contributed by atoms with Gasteiger partial charge in [0.15, 0.2) is 0 Å². The van der Waals surface area contributed by atoms with E-state index in [1.54, 1.807) is 0 Å². The molecule has 0 heterocycles. The Labute approximate surface area is 77.3 Å². The molecular formula is C11H23N. The molecule has 0 amide bonds. The highest BCUT2D eigenvalue weighted by Gasteiger charge is 2.05. The van der Waals surface area contributed by atoms with Gasteiger partial charge in [0.05, 0.1) is 0 Å². The van der Waals surface area contributed by atoms with Crippen LogP contribution >= 0.6 is 0 Å². The SMILES string of the molecule is CCCC(C)C(C)=NC(C)CC. The van der Waals surface area contributed by atoms with E-state index in [0.717, 1.165) is 6.42 Å². The maximum Gasteiger partial charge on any atom is 0.0468 e. The Morgan fingerprint density at radius 3 is 2.25 bits per heavy atom. The first-order valence-corrected chi connectivity index (χ1v) is 5.16. The molecule has 72 valence electrons. The average molecular weight is 169 g/mol. The number of rotatable bonds is 5. The summed E-state index contributed by atoms with van der Waals surface area (Å²) >= 11 is 0. The fourth-order valence-corrected chi connectivity index (χ4v) is 1.21. The van der Waals surface area contributed by atoms with Crippen molar-refractivity contribution in [3.63, 3.8) is 0 Å². The predicted octanol–water partition coefficient (Wildman–Crippen LogP) is 3.68. The topological polar surface area (TPSA) is 12.4 Å². The summed E-state index contributed by atoms with van der Waals surface area (Å²) in [6, 6.07) is 0.504. The molecule has 0 saturated carbocycles. The van der Waals surface area contributed by atoms with E-state index in [-0.39, 0.29) is 0 Å². The van der Waals surface area contributed by atoms with Gasteiger partial charge >= 0.3 is 0 Å². The monoisotopic (exact) mass is 169 g/mol. The number of nitrogens with zero attached hydrogens (tertiary/aromatic N) is 1. The van der Waals surface area contributed by atoms with Gasteiger partial charge in [-0.3, -0.25) is 4.99 Å². The van der Waals surface area contributed by atoms with Gasteiger partial charge in [0.1, 0.15) is 0 Å². The lowest BCUT2D eigenvalue weighted by molar-refractivity contribution is 0.644. The summed E-state index contributed by atoms with van der Waals surface area (Å²) in [5.74, 6) is 0.670. The van der Waals surface area contributed by atoms with Crippen molar-refractivity contribution in [1.29, 1.82) is 0 Å². The molecule has 0 aliphatic heterocycles. The van der Waals surface area contributed by atoms with Crippen molar-refractivity contribution < 1.29 is 0 Å². The maximum atomic E-state index is 4.63. The minimum Gasteiger partial charge on any atom is -0.291 e. The summed E-state index contributed by atoms with van der Waals surface area (Å²) in [5, 5.41) is 0. The molecule has 2 unspecified atom stereocenters. The van der Waals surface area contributed by atoms with Crippen molar-refractivity contribution in [2.45, 2.75) is 59.9 Å².